The summed E-state index contributed by atoms with van der Waals surface area (Å²) in [6.45, 7) is 13.6. The van der Waals surface area contributed by atoms with Gasteiger partial charge in [-0.25, -0.2) is 0 Å². The lowest BCUT2D eigenvalue weighted by Crippen LogP contribution is -2.19. The molecule has 0 spiro atoms. The van der Waals surface area contributed by atoms with E-state index in [1.807, 2.05) is 0 Å². The predicted octanol–water partition coefficient (Wildman–Crippen LogP) is 4.50. The Labute approximate surface area is 117 Å². The minimum Gasteiger partial charge on any atom is -0.383 e. The zero-order chi connectivity index (χ0) is 14.6. The summed E-state index contributed by atoms with van der Waals surface area (Å²) in [6.07, 6.45) is 0. The van der Waals surface area contributed by atoms with Crippen molar-refractivity contribution in [2.45, 2.75) is 47.0 Å². The Morgan fingerprint density at radius 3 is 2.37 bits per heavy atom. The average molecular weight is 258 g/mol. The maximum absolute atomic E-state index is 9.14. The molecule has 0 fully saturated rings. The molecular formula is C17H26N2. The summed E-state index contributed by atoms with van der Waals surface area (Å²) in [5, 5.41) is 12.6. The van der Waals surface area contributed by atoms with Gasteiger partial charge in [-0.3, -0.25) is 0 Å². The van der Waals surface area contributed by atoms with Crippen molar-refractivity contribution in [1.82, 2.24) is 0 Å². The molecule has 2 heteroatoms. The first kappa shape index (κ1) is 15.6. The Morgan fingerprint density at radius 2 is 1.89 bits per heavy atom. The van der Waals surface area contributed by atoms with Crippen molar-refractivity contribution in [1.29, 1.82) is 5.26 Å². The monoisotopic (exact) mass is 258 g/mol. The number of hydrogen-bond donors (Lipinski definition) is 1. The van der Waals surface area contributed by atoms with Gasteiger partial charge < -0.3 is 5.32 Å². The number of rotatable bonds is 4. The molecule has 0 saturated heterocycles. The van der Waals surface area contributed by atoms with Crippen molar-refractivity contribution in [2.75, 3.05) is 11.9 Å². The van der Waals surface area contributed by atoms with Crippen LogP contribution in [0.3, 0.4) is 0 Å². The zero-order valence-corrected chi connectivity index (χ0v) is 13.0. The normalized spacial score (nSPS) is 13.2. The predicted molar refractivity (Wildman–Crippen MR) is 82.3 cm³/mol. The van der Waals surface area contributed by atoms with Crippen molar-refractivity contribution in [3.63, 3.8) is 0 Å². The smallest absolute Gasteiger partial charge is 0.0677 e. The van der Waals surface area contributed by atoms with Gasteiger partial charge >= 0.3 is 0 Å². The summed E-state index contributed by atoms with van der Waals surface area (Å²) < 4.78 is 0. The summed E-state index contributed by atoms with van der Waals surface area (Å²) in [6, 6.07) is 8.92. The maximum atomic E-state index is 9.14. The number of anilines is 1. The van der Waals surface area contributed by atoms with Gasteiger partial charge in [0, 0.05) is 12.2 Å². The lowest BCUT2D eigenvalue weighted by Gasteiger charge is -2.22. The van der Waals surface area contributed by atoms with Crippen LogP contribution in [0.25, 0.3) is 0 Å². The molecule has 0 heterocycles. The molecule has 1 rings (SSSR count). The second kappa shape index (κ2) is 6.10. The van der Waals surface area contributed by atoms with E-state index in [1.165, 1.54) is 11.1 Å². The van der Waals surface area contributed by atoms with Crippen LogP contribution in [0.15, 0.2) is 18.2 Å². The topological polar surface area (TPSA) is 35.8 Å². The van der Waals surface area contributed by atoms with Crippen molar-refractivity contribution < 1.29 is 0 Å². The van der Waals surface area contributed by atoms with Gasteiger partial charge in [0.05, 0.1) is 12.0 Å². The highest BCUT2D eigenvalue weighted by Gasteiger charge is 2.16. The number of aryl methyl sites for hydroxylation is 1. The van der Waals surface area contributed by atoms with Crippen LogP contribution in [0.1, 0.15) is 45.7 Å². The maximum Gasteiger partial charge on any atom is 0.0677 e. The standard InChI is InChI=1S/C17H26N2/c1-12(2)14(10-18)11-19-16-9-15(17(4,5)6)8-7-13(16)3/h7-9,12,14,19H,11H2,1-6H3. The summed E-state index contributed by atoms with van der Waals surface area (Å²) in [4.78, 5) is 0. The molecule has 1 atom stereocenters. The lowest BCUT2D eigenvalue weighted by atomic mass is 9.86. The van der Waals surface area contributed by atoms with Crippen molar-refractivity contribution in [2.24, 2.45) is 11.8 Å². The van der Waals surface area contributed by atoms with Gasteiger partial charge in [0.25, 0.3) is 0 Å². The number of hydrogen-bond acceptors (Lipinski definition) is 2. The van der Waals surface area contributed by atoms with Gasteiger partial charge in [0.15, 0.2) is 0 Å². The molecule has 0 amide bonds. The summed E-state index contributed by atoms with van der Waals surface area (Å²) in [5.74, 6) is 0.432. The van der Waals surface area contributed by atoms with Crippen LogP contribution >= 0.6 is 0 Å². The van der Waals surface area contributed by atoms with Crippen molar-refractivity contribution in [3.05, 3.63) is 29.3 Å². The number of nitrogens with zero attached hydrogens (tertiary/aromatic N) is 1. The molecule has 1 aromatic rings. The highest BCUT2D eigenvalue weighted by Crippen LogP contribution is 2.27. The molecule has 2 nitrogen and oxygen atoms in total. The van der Waals surface area contributed by atoms with Crippen LogP contribution in [0.2, 0.25) is 0 Å². The molecule has 0 aliphatic heterocycles. The third-order valence-corrected chi connectivity index (χ3v) is 3.59. The van der Waals surface area contributed by atoms with Crippen molar-refractivity contribution in [3.8, 4) is 6.07 Å². The quantitative estimate of drug-likeness (QED) is 0.863. The Balaban J connectivity index is 2.87. The molecule has 0 saturated carbocycles. The number of benzene rings is 1. The second-order valence-corrected chi connectivity index (χ2v) is 6.64. The highest BCUT2D eigenvalue weighted by atomic mass is 14.9. The van der Waals surface area contributed by atoms with E-state index in [1.54, 1.807) is 0 Å². The zero-order valence-electron chi connectivity index (χ0n) is 13.0. The van der Waals surface area contributed by atoms with E-state index in [4.69, 9.17) is 5.26 Å². The largest absolute Gasteiger partial charge is 0.383 e. The van der Waals surface area contributed by atoms with Gasteiger partial charge in [0.1, 0.15) is 0 Å². The third kappa shape index (κ3) is 4.28. The van der Waals surface area contributed by atoms with Crippen LogP contribution in [-0.4, -0.2) is 6.54 Å². The van der Waals surface area contributed by atoms with Gasteiger partial charge in [-0.05, 0) is 35.4 Å². The van der Waals surface area contributed by atoms with E-state index in [-0.39, 0.29) is 11.3 Å². The lowest BCUT2D eigenvalue weighted by molar-refractivity contribution is 0.496. The van der Waals surface area contributed by atoms with Crippen LogP contribution in [-0.2, 0) is 5.41 Å². The van der Waals surface area contributed by atoms with E-state index >= 15 is 0 Å². The molecule has 0 aliphatic rings. The fourth-order valence-electron chi connectivity index (χ4n) is 1.93. The fraction of sp³-hybridized carbons (Fsp3) is 0.588. The Morgan fingerprint density at radius 1 is 1.26 bits per heavy atom. The Hall–Kier alpha value is -1.49. The van der Waals surface area contributed by atoms with Gasteiger partial charge in [-0.15, -0.1) is 0 Å². The van der Waals surface area contributed by atoms with E-state index in [2.05, 4.69) is 71.1 Å². The fourth-order valence-corrected chi connectivity index (χ4v) is 1.93. The van der Waals surface area contributed by atoms with E-state index in [9.17, 15) is 0 Å². The highest BCUT2D eigenvalue weighted by molar-refractivity contribution is 5.54. The third-order valence-electron chi connectivity index (χ3n) is 3.59. The first-order valence-electron chi connectivity index (χ1n) is 7.00. The van der Waals surface area contributed by atoms with Crippen LogP contribution in [0.4, 0.5) is 5.69 Å². The SMILES string of the molecule is Cc1ccc(C(C)(C)C)cc1NCC(C#N)C(C)C. The number of nitriles is 1. The minimum atomic E-state index is 0.0534. The Kier molecular flexibility index (Phi) is 5.00. The van der Waals surface area contributed by atoms with Gasteiger partial charge in [0.2, 0.25) is 0 Å². The molecular weight excluding hydrogens is 232 g/mol. The van der Waals surface area contributed by atoms with E-state index in [0.29, 0.717) is 12.5 Å². The first-order chi connectivity index (χ1) is 8.75. The summed E-state index contributed by atoms with van der Waals surface area (Å²) in [5.41, 5.74) is 3.84. The van der Waals surface area contributed by atoms with Gasteiger partial charge in [-0.2, -0.15) is 5.26 Å². The van der Waals surface area contributed by atoms with Crippen LogP contribution in [0.5, 0.6) is 0 Å². The van der Waals surface area contributed by atoms with E-state index < -0.39 is 0 Å². The van der Waals surface area contributed by atoms with Crippen molar-refractivity contribution >= 4 is 5.69 Å². The average Bonchev–Trinajstić information content (AvgIpc) is 2.30. The molecule has 0 radical (unpaired) electrons. The minimum absolute atomic E-state index is 0.0534. The van der Waals surface area contributed by atoms with Crippen LogP contribution < -0.4 is 5.32 Å². The molecule has 1 N–H and O–H groups in total. The molecule has 19 heavy (non-hydrogen) atoms. The summed E-state index contributed by atoms with van der Waals surface area (Å²) in [7, 11) is 0. The Bertz CT molecular complexity index is 461. The molecule has 0 aliphatic carbocycles. The molecule has 0 bridgehead atoms. The molecule has 0 aromatic heterocycles. The second-order valence-electron chi connectivity index (χ2n) is 6.64. The van der Waals surface area contributed by atoms with Crippen LogP contribution in [0, 0.1) is 30.1 Å². The number of nitrogens with one attached hydrogen (secondary N) is 1. The first-order valence-corrected chi connectivity index (χ1v) is 7.00. The molecule has 1 aromatic carbocycles. The molecule has 1 unspecified atom stereocenters. The van der Waals surface area contributed by atoms with Gasteiger partial charge in [-0.1, -0.05) is 46.8 Å². The summed E-state index contributed by atoms with van der Waals surface area (Å²) >= 11 is 0. The van der Waals surface area contributed by atoms with E-state index in [0.717, 1.165) is 5.69 Å². The molecule has 104 valence electrons.